The molecule has 1 aliphatic carbocycles. The predicted octanol–water partition coefficient (Wildman–Crippen LogP) is 8.56. The normalized spacial score (nSPS) is 12.8. The van der Waals surface area contributed by atoms with Gasteiger partial charge in [-0.1, -0.05) is 49.2 Å². The van der Waals surface area contributed by atoms with E-state index in [9.17, 15) is 4.39 Å². The molecule has 2 heterocycles. The number of benzene rings is 2. The summed E-state index contributed by atoms with van der Waals surface area (Å²) >= 11 is 6.48. The first-order chi connectivity index (χ1) is 17.7. The molecule has 0 aliphatic heterocycles. The van der Waals surface area contributed by atoms with Crippen LogP contribution in [0.25, 0.3) is 22.0 Å². The van der Waals surface area contributed by atoms with E-state index < -0.39 is 0 Å². The minimum absolute atomic E-state index is 0.241. The molecule has 5 rings (SSSR count). The molecule has 0 saturated carbocycles. The molecule has 0 spiro atoms. The number of fused-ring (bicyclic) bond motifs is 1. The predicted molar refractivity (Wildman–Crippen MR) is 147 cm³/mol. The third-order valence-corrected chi connectivity index (χ3v) is 5.85. The Morgan fingerprint density at radius 1 is 1.08 bits per heavy atom. The van der Waals surface area contributed by atoms with Crippen molar-refractivity contribution in [3.8, 4) is 16.9 Å². The van der Waals surface area contributed by atoms with Gasteiger partial charge in [0.15, 0.2) is 0 Å². The quantitative estimate of drug-likeness (QED) is 0.265. The molecule has 184 valence electrons. The fraction of sp³-hybridized carbons (Fsp3) is 0.172. The van der Waals surface area contributed by atoms with Gasteiger partial charge in [-0.15, -0.1) is 0 Å². The van der Waals surface area contributed by atoms with Gasteiger partial charge in [0.2, 0.25) is 0 Å². The van der Waals surface area contributed by atoms with Crippen LogP contribution >= 0.6 is 11.6 Å². The number of hydrogen-bond acceptors (Lipinski definition) is 4. The lowest BCUT2D eigenvalue weighted by Gasteiger charge is -2.13. The molecule has 36 heavy (non-hydrogen) atoms. The monoisotopic (exact) mass is 502 g/mol. The minimum Gasteiger partial charge on any atom is -0.492 e. The molecule has 5 nitrogen and oxygen atoms in total. The highest BCUT2D eigenvalue weighted by molar-refractivity contribution is 6.32. The van der Waals surface area contributed by atoms with Crippen molar-refractivity contribution in [3.05, 3.63) is 102 Å². The van der Waals surface area contributed by atoms with Crippen molar-refractivity contribution in [1.82, 2.24) is 15.0 Å². The smallest absolute Gasteiger partial charge is 0.141 e. The average Bonchev–Trinajstić information content (AvgIpc) is 3.36. The van der Waals surface area contributed by atoms with E-state index >= 15 is 0 Å². The summed E-state index contributed by atoms with van der Waals surface area (Å²) in [5.74, 6) is 1.03. The lowest BCUT2D eigenvalue weighted by Crippen LogP contribution is -2.01. The number of ether oxygens (including phenoxy) is 1. The second kappa shape index (κ2) is 12.2. The molecule has 2 aromatic heterocycles. The molecule has 0 bridgehead atoms. The zero-order chi connectivity index (χ0) is 25.3. The van der Waals surface area contributed by atoms with Crippen LogP contribution in [0.15, 0.2) is 96.9 Å². The number of H-pyrrole nitrogens is 1. The molecule has 0 unspecified atom stereocenters. The maximum absolute atomic E-state index is 13.6. The number of aromatic nitrogens is 3. The highest BCUT2D eigenvalue weighted by Gasteiger charge is 2.10. The zero-order valence-electron chi connectivity index (χ0n) is 20.3. The van der Waals surface area contributed by atoms with Crippen LogP contribution < -0.4 is 10.1 Å². The molecule has 0 radical (unpaired) electrons. The van der Waals surface area contributed by atoms with Gasteiger partial charge in [-0.25, -0.2) is 14.4 Å². The number of nitrogens with one attached hydrogen (secondary N) is 2. The molecule has 7 heteroatoms. The summed E-state index contributed by atoms with van der Waals surface area (Å²) < 4.78 is 19.4. The summed E-state index contributed by atoms with van der Waals surface area (Å²) in [5, 5.41) is 4.73. The summed E-state index contributed by atoms with van der Waals surface area (Å²) in [6.07, 6.45) is 13.4. The van der Waals surface area contributed by atoms with Crippen molar-refractivity contribution < 1.29 is 9.13 Å². The van der Waals surface area contributed by atoms with Crippen LogP contribution in [0.4, 0.5) is 15.9 Å². The number of halogens is 2. The van der Waals surface area contributed by atoms with Crippen LogP contribution in [0.2, 0.25) is 5.02 Å². The van der Waals surface area contributed by atoms with Gasteiger partial charge >= 0.3 is 0 Å². The number of hydrogen-bond donors (Lipinski definition) is 2. The molecule has 2 N–H and O–H groups in total. The Bertz CT molecular complexity index is 1410. The summed E-state index contributed by atoms with van der Waals surface area (Å²) in [7, 11) is 0. The third kappa shape index (κ3) is 6.20. The van der Waals surface area contributed by atoms with E-state index in [0.29, 0.717) is 36.0 Å². The molecule has 0 saturated heterocycles. The first-order valence-electron chi connectivity index (χ1n) is 11.9. The number of aromatic amines is 1. The number of anilines is 2. The standard InChI is InChI=1S/C27H22ClFN4O.C2H6/c28-24-15-22(6-8-26(24)34-12-10-18-3-1-2-4-21(29)13-18)33-27-23-14-19(20-9-11-30-16-20)5-7-25(23)31-17-32-27;1-2/h1-2,4-9,11,13-17,30H,3,10,12H2,(H,31,32,33);1-2H3. The number of allylic oxidation sites excluding steroid dienone is 5. The van der Waals surface area contributed by atoms with Crippen molar-refractivity contribution in [2.24, 2.45) is 0 Å². The van der Waals surface area contributed by atoms with Crippen molar-refractivity contribution in [2.75, 3.05) is 11.9 Å². The number of nitrogens with zero attached hydrogens (tertiary/aromatic N) is 2. The number of rotatable bonds is 7. The van der Waals surface area contributed by atoms with E-state index in [0.717, 1.165) is 33.3 Å². The van der Waals surface area contributed by atoms with Crippen molar-refractivity contribution >= 4 is 34.0 Å². The molecule has 0 amide bonds. The van der Waals surface area contributed by atoms with Gasteiger partial charge in [0.05, 0.1) is 17.1 Å². The fourth-order valence-corrected chi connectivity index (χ4v) is 4.05. The van der Waals surface area contributed by atoms with Crippen molar-refractivity contribution in [3.63, 3.8) is 0 Å². The van der Waals surface area contributed by atoms with E-state index in [-0.39, 0.29) is 5.83 Å². The zero-order valence-corrected chi connectivity index (χ0v) is 21.0. The third-order valence-electron chi connectivity index (χ3n) is 5.56. The van der Waals surface area contributed by atoms with E-state index in [2.05, 4.69) is 26.3 Å². The van der Waals surface area contributed by atoms with Crippen LogP contribution in [-0.4, -0.2) is 21.6 Å². The highest BCUT2D eigenvalue weighted by Crippen LogP contribution is 2.32. The topological polar surface area (TPSA) is 62.8 Å². The lowest BCUT2D eigenvalue weighted by molar-refractivity contribution is 0.321. The van der Waals surface area contributed by atoms with Crippen molar-refractivity contribution in [1.29, 1.82) is 0 Å². The van der Waals surface area contributed by atoms with Crippen molar-refractivity contribution in [2.45, 2.75) is 26.7 Å². The molecule has 4 aromatic rings. The second-order valence-corrected chi connectivity index (χ2v) is 8.32. The Balaban J connectivity index is 0.00000148. The maximum Gasteiger partial charge on any atom is 0.141 e. The Labute approximate surface area is 215 Å². The summed E-state index contributed by atoms with van der Waals surface area (Å²) in [6, 6.07) is 13.6. The summed E-state index contributed by atoms with van der Waals surface area (Å²) in [6.45, 7) is 4.41. The molecule has 0 fully saturated rings. The molecule has 2 aromatic carbocycles. The Morgan fingerprint density at radius 3 is 2.78 bits per heavy atom. The van der Waals surface area contributed by atoms with Crippen LogP contribution in [0, 0.1) is 0 Å². The first-order valence-corrected chi connectivity index (χ1v) is 12.3. The molecular weight excluding hydrogens is 475 g/mol. The lowest BCUT2D eigenvalue weighted by atomic mass is 10.1. The van der Waals surface area contributed by atoms with Gasteiger partial charge in [0, 0.05) is 29.9 Å². The first kappa shape index (κ1) is 25.2. The van der Waals surface area contributed by atoms with Gasteiger partial charge in [0.1, 0.15) is 23.7 Å². The second-order valence-electron chi connectivity index (χ2n) is 7.91. The Hall–Kier alpha value is -3.90. The molecule has 1 aliphatic rings. The SMILES string of the molecule is CC.FC1=CC=CCC(CCOc2ccc(Nc3ncnc4ccc(-c5cc[nH]c5)cc34)cc2Cl)=C1. The fourth-order valence-electron chi connectivity index (χ4n) is 3.82. The van der Waals surface area contributed by atoms with E-state index in [1.165, 1.54) is 12.4 Å². The van der Waals surface area contributed by atoms with Crippen LogP contribution in [0.1, 0.15) is 26.7 Å². The van der Waals surface area contributed by atoms with Gasteiger partial charge in [0.25, 0.3) is 0 Å². The molecular formula is C29H28ClFN4O. The van der Waals surface area contributed by atoms with Gasteiger partial charge in [-0.2, -0.15) is 0 Å². The Morgan fingerprint density at radius 2 is 1.97 bits per heavy atom. The van der Waals surface area contributed by atoms with Crippen LogP contribution in [-0.2, 0) is 0 Å². The maximum atomic E-state index is 13.6. The van der Waals surface area contributed by atoms with E-state index in [1.807, 2.05) is 62.6 Å². The van der Waals surface area contributed by atoms with Crippen LogP contribution in [0.5, 0.6) is 5.75 Å². The van der Waals surface area contributed by atoms with Crippen LogP contribution in [0.3, 0.4) is 0 Å². The van der Waals surface area contributed by atoms with E-state index in [4.69, 9.17) is 16.3 Å². The summed E-state index contributed by atoms with van der Waals surface area (Å²) in [4.78, 5) is 11.9. The minimum atomic E-state index is -0.241. The van der Waals surface area contributed by atoms with E-state index in [1.54, 1.807) is 18.2 Å². The van der Waals surface area contributed by atoms with Gasteiger partial charge in [-0.05, 0) is 66.1 Å². The summed E-state index contributed by atoms with van der Waals surface area (Å²) in [5.41, 5.74) is 4.77. The molecule has 0 atom stereocenters. The highest BCUT2D eigenvalue weighted by atomic mass is 35.5. The van der Waals surface area contributed by atoms with Gasteiger partial charge < -0.3 is 15.0 Å². The largest absolute Gasteiger partial charge is 0.492 e. The van der Waals surface area contributed by atoms with Gasteiger partial charge in [-0.3, -0.25) is 0 Å². The Kier molecular flexibility index (Phi) is 8.53. The average molecular weight is 503 g/mol.